The minimum Gasteiger partial charge on any atom is -0.422 e. The van der Waals surface area contributed by atoms with Crippen molar-refractivity contribution in [3.63, 3.8) is 0 Å². The van der Waals surface area contributed by atoms with Gasteiger partial charge in [-0.2, -0.15) is 0 Å². The molecule has 0 aliphatic heterocycles. The van der Waals surface area contributed by atoms with Crippen molar-refractivity contribution in [2.75, 3.05) is 7.11 Å². The van der Waals surface area contributed by atoms with Crippen LogP contribution in [0.25, 0.3) is 0 Å². The highest BCUT2D eigenvalue weighted by Crippen LogP contribution is 2.55. The molecule has 0 N–H and O–H groups in total. The Balaban J connectivity index is 1.47. The first-order chi connectivity index (χ1) is 13.6. The van der Waals surface area contributed by atoms with Crippen molar-refractivity contribution < 1.29 is 19.2 Å². The first-order valence-corrected chi connectivity index (χ1v) is 9.19. The highest BCUT2D eigenvalue weighted by Gasteiger charge is 2.50. The number of oxime groups is 2. The number of carbonyl (C=O) groups excluding carboxylic acids is 1. The third-order valence-corrected chi connectivity index (χ3v) is 5.05. The molecule has 1 fully saturated rings. The van der Waals surface area contributed by atoms with E-state index in [0.29, 0.717) is 11.7 Å². The van der Waals surface area contributed by atoms with Gasteiger partial charge in [0.2, 0.25) is 0 Å². The van der Waals surface area contributed by atoms with Crippen LogP contribution in [0.1, 0.15) is 30.9 Å². The molecule has 0 saturated heterocycles. The Kier molecular flexibility index (Phi) is 6.42. The minimum atomic E-state index is -0.619. The Morgan fingerprint density at radius 2 is 1.89 bits per heavy atom. The van der Waals surface area contributed by atoms with Gasteiger partial charge in [0.05, 0.1) is 0 Å². The fourth-order valence-corrected chi connectivity index (χ4v) is 3.25. The summed E-state index contributed by atoms with van der Waals surface area (Å²) in [5.74, 6) is 0.367. The van der Waals surface area contributed by atoms with Gasteiger partial charge >= 0.3 is 5.97 Å². The summed E-state index contributed by atoms with van der Waals surface area (Å²) in [6.45, 7) is 2.50. The van der Waals surface area contributed by atoms with Crippen LogP contribution in [0, 0.1) is 5.92 Å². The second-order valence-electron chi connectivity index (χ2n) is 6.93. The van der Waals surface area contributed by atoms with E-state index in [1.807, 2.05) is 24.4 Å². The molecule has 0 amide bonds. The number of esters is 1. The highest BCUT2D eigenvalue weighted by atomic mass is 16.6. The third kappa shape index (κ3) is 4.97. The second-order valence-corrected chi connectivity index (χ2v) is 6.93. The van der Waals surface area contributed by atoms with Crippen LogP contribution in [0.2, 0.25) is 0 Å². The molecule has 146 valence electrons. The maximum atomic E-state index is 11.6. The average Bonchev–Trinajstić information content (AvgIpc) is 3.39. The maximum Gasteiger partial charge on any atom is 0.358 e. The van der Waals surface area contributed by atoms with Gasteiger partial charge in [-0.05, 0) is 35.8 Å². The van der Waals surface area contributed by atoms with Crippen molar-refractivity contribution in [1.29, 1.82) is 0 Å². The molecule has 3 rings (SSSR count). The quantitative estimate of drug-likeness (QED) is 0.284. The lowest BCUT2D eigenvalue weighted by Gasteiger charge is -2.10. The minimum absolute atomic E-state index is 0.210. The number of ether oxygens (including phenoxy) is 1. The monoisotopic (exact) mass is 380 g/mol. The zero-order chi connectivity index (χ0) is 19.8. The molecule has 0 bridgehead atoms. The van der Waals surface area contributed by atoms with Gasteiger partial charge in [0.1, 0.15) is 19.5 Å². The van der Waals surface area contributed by atoms with E-state index in [1.165, 1.54) is 12.7 Å². The van der Waals surface area contributed by atoms with E-state index in [0.717, 1.165) is 24.6 Å². The van der Waals surface area contributed by atoms with E-state index >= 15 is 0 Å². The summed E-state index contributed by atoms with van der Waals surface area (Å²) >= 11 is 0. The molecule has 1 aliphatic rings. The van der Waals surface area contributed by atoms with Crippen molar-refractivity contribution in [3.8, 4) is 5.75 Å². The van der Waals surface area contributed by atoms with Crippen LogP contribution in [0.4, 0.5) is 0 Å². The van der Waals surface area contributed by atoms with Crippen LogP contribution < -0.4 is 4.74 Å². The molecule has 0 aromatic heterocycles. The highest BCUT2D eigenvalue weighted by molar-refractivity contribution is 6.23. The smallest absolute Gasteiger partial charge is 0.358 e. The van der Waals surface area contributed by atoms with Crippen LogP contribution in [0.15, 0.2) is 64.9 Å². The lowest BCUT2D eigenvalue weighted by molar-refractivity contribution is -0.126. The molecule has 2 aromatic rings. The van der Waals surface area contributed by atoms with Crippen LogP contribution in [-0.4, -0.2) is 25.5 Å². The van der Waals surface area contributed by atoms with E-state index in [2.05, 4.69) is 46.3 Å². The summed E-state index contributed by atoms with van der Waals surface area (Å²) in [5, 5.41) is 7.45. The van der Waals surface area contributed by atoms with E-state index in [9.17, 15) is 4.79 Å². The normalized spacial score (nSPS) is 21.0. The second kappa shape index (κ2) is 9.17. The van der Waals surface area contributed by atoms with E-state index in [-0.39, 0.29) is 12.0 Å². The molecule has 1 aliphatic carbocycles. The number of para-hydroxylation sites is 1. The Morgan fingerprint density at radius 3 is 2.68 bits per heavy atom. The number of hydrogen-bond donors (Lipinski definition) is 0. The molecule has 0 radical (unpaired) electrons. The molecule has 0 heterocycles. The van der Waals surface area contributed by atoms with Crippen LogP contribution in [-0.2, 0) is 26.5 Å². The molecule has 6 nitrogen and oxygen atoms in total. The summed E-state index contributed by atoms with van der Waals surface area (Å²) in [5.41, 5.74) is 2.33. The van der Waals surface area contributed by atoms with Crippen LogP contribution in [0.5, 0.6) is 5.75 Å². The van der Waals surface area contributed by atoms with Crippen molar-refractivity contribution in [1.82, 2.24) is 0 Å². The molecular formula is C22H24N2O4. The molecule has 6 heteroatoms. The molecule has 2 aromatic carbocycles. The molecule has 1 saturated carbocycles. The van der Waals surface area contributed by atoms with Gasteiger partial charge in [-0.25, -0.2) is 4.79 Å². The van der Waals surface area contributed by atoms with Crippen LogP contribution >= 0.6 is 0 Å². The van der Waals surface area contributed by atoms with Crippen LogP contribution in [0.3, 0.4) is 0 Å². The number of rotatable bonds is 9. The van der Waals surface area contributed by atoms with Gasteiger partial charge in [0.15, 0.2) is 6.21 Å². The van der Waals surface area contributed by atoms with Gasteiger partial charge in [0.25, 0.3) is 0 Å². The van der Waals surface area contributed by atoms with Gasteiger partial charge in [-0.15, -0.1) is 0 Å². The van der Waals surface area contributed by atoms with E-state index in [1.54, 1.807) is 12.1 Å². The number of nitrogens with zero attached hydrogens (tertiary/aromatic N) is 2. The summed E-state index contributed by atoms with van der Waals surface area (Å²) in [6, 6.07) is 17.7. The first-order valence-electron chi connectivity index (χ1n) is 9.19. The fourth-order valence-electron chi connectivity index (χ4n) is 3.25. The largest absolute Gasteiger partial charge is 0.422 e. The summed E-state index contributed by atoms with van der Waals surface area (Å²) in [7, 11) is 1.35. The lowest BCUT2D eigenvalue weighted by atomic mass is 9.95. The predicted molar refractivity (Wildman–Crippen MR) is 107 cm³/mol. The third-order valence-electron chi connectivity index (χ3n) is 5.05. The number of benzene rings is 2. The van der Waals surface area contributed by atoms with Crippen molar-refractivity contribution >= 4 is 18.4 Å². The summed E-state index contributed by atoms with van der Waals surface area (Å²) in [6.07, 6.45) is 4.81. The van der Waals surface area contributed by atoms with Gasteiger partial charge in [0, 0.05) is 11.8 Å². The SMILES string of the molecule is CON=CC(=O)Oc1ccccc1CON=CC[C@@H]1C[C@@]1(C)c1ccccc1. The average molecular weight is 380 g/mol. The van der Waals surface area contributed by atoms with Gasteiger partial charge in [-0.3, -0.25) is 0 Å². The number of hydrogen-bond acceptors (Lipinski definition) is 6. The predicted octanol–water partition coefficient (Wildman–Crippen LogP) is 4.09. The Hall–Kier alpha value is -3.15. The zero-order valence-electron chi connectivity index (χ0n) is 16.1. The first kappa shape index (κ1) is 19.6. The van der Waals surface area contributed by atoms with Crippen molar-refractivity contribution in [2.24, 2.45) is 16.2 Å². The molecule has 0 unspecified atom stereocenters. The number of carbonyl (C=O) groups is 1. The zero-order valence-corrected chi connectivity index (χ0v) is 16.1. The topological polar surface area (TPSA) is 69.5 Å². The standard InChI is InChI=1S/C22H24N2O4/c1-22(18-9-4-3-5-10-18)14-19(22)12-13-23-27-16-17-8-6-7-11-20(17)28-21(25)15-24-26-2/h3-11,13,15,19H,12,14,16H2,1-2H3/t19-,22+/m1/s1. The summed E-state index contributed by atoms with van der Waals surface area (Å²) < 4.78 is 5.23. The lowest BCUT2D eigenvalue weighted by Crippen LogP contribution is -2.10. The molecule has 0 spiro atoms. The van der Waals surface area contributed by atoms with Crippen molar-refractivity contribution in [2.45, 2.75) is 31.8 Å². The van der Waals surface area contributed by atoms with Crippen molar-refractivity contribution in [3.05, 3.63) is 65.7 Å². The Morgan fingerprint density at radius 1 is 1.14 bits per heavy atom. The Bertz CT molecular complexity index is 851. The molecular weight excluding hydrogens is 356 g/mol. The van der Waals surface area contributed by atoms with Gasteiger partial charge in [-0.1, -0.05) is 65.8 Å². The van der Waals surface area contributed by atoms with Gasteiger partial charge < -0.3 is 14.4 Å². The maximum absolute atomic E-state index is 11.6. The molecule has 28 heavy (non-hydrogen) atoms. The molecule has 2 atom stereocenters. The Labute approximate surface area is 164 Å². The van der Waals surface area contributed by atoms with E-state index < -0.39 is 5.97 Å². The summed E-state index contributed by atoms with van der Waals surface area (Å²) in [4.78, 5) is 21.5. The fraction of sp³-hybridized carbons (Fsp3) is 0.318. The van der Waals surface area contributed by atoms with E-state index in [4.69, 9.17) is 9.57 Å².